The van der Waals surface area contributed by atoms with Crippen molar-refractivity contribution in [2.24, 2.45) is 4.99 Å². The fraction of sp³-hybridized carbons (Fsp3) is 0.368. The number of nitrogens with zero attached hydrogens (tertiary/aromatic N) is 6. The summed E-state index contributed by atoms with van der Waals surface area (Å²) in [4.78, 5) is 4.25. The second kappa shape index (κ2) is 9.54. The summed E-state index contributed by atoms with van der Waals surface area (Å²) in [6.45, 7) is 4.16. The predicted molar refractivity (Wildman–Crippen MR) is 108 cm³/mol. The van der Waals surface area contributed by atoms with E-state index < -0.39 is 0 Å². The number of hydrogen-bond acceptors (Lipinski definition) is 5. The molecule has 148 valence electrons. The van der Waals surface area contributed by atoms with Crippen LogP contribution in [0.2, 0.25) is 0 Å². The van der Waals surface area contributed by atoms with E-state index in [0.29, 0.717) is 6.54 Å². The van der Waals surface area contributed by atoms with Crippen LogP contribution in [0.5, 0.6) is 5.75 Å². The topological polar surface area (TPSA) is 94.2 Å². The van der Waals surface area contributed by atoms with Crippen molar-refractivity contribution >= 4 is 5.96 Å². The van der Waals surface area contributed by atoms with Gasteiger partial charge in [-0.2, -0.15) is 5.10 Å². The molecule has 0 aliphatic heterocycles. The van der Waals surface area contributed by atoms with Gasteiger partial charge in [-0.15, -0.1) is 10.2 Å². The normalized spacial score (nSPS) is 11.5. The van der Waals surface area contributed by atoms with E-state index in [1.165, 1.54) is 0 Å². The molecular formula is C19H26N8O. The second-order valence-electron chi connectivity index (χ2n) is 6.10. The Morgan fingerprint density at radius 1 is 1.18 bits per heavy atom. The highest BCUT2D eigenvalue weighted by Gasteiger charge is 2.05. The van der Waals surface area contributed by atoms with E-state index in [9.17, 15) is 0 Å². The molecule has 0 radical (unpaired) electrons. The summed E-state index contributed by atoms with van der Waals surface area (Å²) in [6, 6.07) is 9.76. The maximum absolute atomic E-state index is 5.19. The summed E-state index contributed by atoms with van der Waals surface area (Å²) in [5, 5.41) is 19.2. The van der Waals surface area contributed by atoms with Gasteiger partial charge in [0.25, 0.3) is 0 Å². The minimum Gasteiger partial charge on any atom is -0.497 e. The molecule has 2 heterocycles. The van der Waals surface area contributed by atoms with Gasteiger partial charge in [0.2, 0.25) is 0 Å². The largest absolute Gasteiger partial charge is 0.497 e. The third-order valence-electron chi connectivity index (χ3n) is 4.30. The number of aryl methyl sites for hydroxylation is 1. The van der Waals surface area contributed by atoms with Crippen molar-refractivity contribution in [3.8, 4) is 11.4 Å². The summed E-state index contributed by atoms with van der Waals surface area (Å²) in [5.74, 6) is 2.53. The zero-order valence-corrected chi connectivity index (χ0v) is 16.5. The molecule has 1 aromatic carbocycles. The number of aliphatic imine (C=N–C) groups is 1. The van der Waals surface area contributed by atoms with Crippen LogP contribution in [0.25, 0.3) is 5.69 Å². The predicted octanol–water partition coefficient (Wildman–Crippen LogP) is 1.40. The van der Waals surface area contributed by atoms with Gasteiger partial charge in [0.05, 0.1) is 25.0 Å². The van der Waals surface area contributed by atoms with Crippen LogP contribution in [-0.4, -0.2) is 51.2 Å². The molecule has 9 nitrogen and oxygen atoms in total. The van der Waals surface area contributed by atoms with Crippen molar-refractivity contribution in [1.29, 1.82) is 0 Å². The van der Waals surface area contributed by atoms with Crippen LogP contribution in [0.1, 0.15) is 18.4 Å². The van der Waals surface area contributed by atoms with Gasteiger partial charge in [0.15, 0.2) is 5.96 Å². The first-order chi connectivity index (χ1) is 13.7. The minimum absolute atomic E-state index is 0.579. The zero-order chi connectivity index (χ0) is 19.8. The third kappa shape index (κ3) is 4.87. The number of methoxy groups -OCH3 is 1. The molecule has 0 aliphatic carbocycles. The molecule has 0 saturated carbocycles. The van der Waals surface area contributed by atoms with Crippen molar-refractivity contribution in [2.45, 2.75) is 26.4 Å². The quantitative estimate of drug-likeness (QED) is 0.452. The van der Waals surface area contributed by atoms with Gasteiger partial charge in [-0.1, -0.05) is 6.92 Å². The van der Waals surface area contributed by atoms with Crippen LogP contribution in [0.3, 0.4) is 0 Å². The Hall–Kier alpha value is -3.36. The van der Waals surface area contributed by atoms with E-state index in [-0.39, 0.29) is 0 Å². The molecular weight excluding hydrogens is 356 g/mol. The minimum atomic E-state index is 0.579. The van der Waals surface area contributed by atoms with Gasteiger partial charge in [0, 0.05) is 32.8 Å². The average Bonchev–Trinajstić information content (AvgIpc) is 3.40. The van der Waals surface area contributed by atoms with Gasteiger partial charge in [-0.25, -0.2) is 4.68 Å². The van der Waals surface area contributed by atoms with E-state index in [0.717, 1.165) is 48.4 Å². The summed E-state index contributed by atoms with van der Waals surface area (Å²) >= 11 is 0. The number of hydrogen-bond donors (Lipinski definition) is 2. The summed E-state index contributed by atoms with van der Waals surface area (Å²) in [6.07, 6.45) is 4.56. The van der Waals surface area contributed by atoms with Gasteiger partial charge in [-0.05, 0) is 30.3 Å². The SMILES string of the molecule is CCc1nncn1CCNC(=NC)NCc1ccn(-c2ccc(OC)cc2)n1. The highest BCUT2D eigenvalue weighted by Crippen LogP contribution is 2.14. The van der Waals surface area contributed by atoms with Crippen LogP contribution in [0.4, 0.5) is 0 Å². The van der Waals surface area contributed by atoms with Crippen molar-refractivity contribution < 1.29 is 4.74 Å². The Kier molecular flexibility index (Phi) is 6.61. The number of rotatable bonds is 8. The lowest BCUT2D eigenvalue weighted by Crippen LogP contribution is -2.38. The van der Waals surface area contributed by atoms with E-state index >= 15 is 0 Å². The molecule has 0 amide bonds. The molecule has 3 aromatic rings. The molecule has 2 N–H and O–H groups in total. The van der Waals surface area contributed by atoms with Gasteiger partial charge < -0.3 is 19.9 Å². The van der Waals surface area contributed by atoms with Crippen LogP contribution in [0, 0.1) is 0 Å². The van der Waals surface area contributed by atoms with Crippen LogP contribution < -0.4 is 15.4 Å². The molecule has 28 heavy (non-hydrogen) atoms. The van der Waals surface area contributed by atoms with Gasteiger partial charge in [-0.3, -0.25) is 4.99 Å². The number of ether oxygens (including phenoxy) is 1. The fourth-order valence-corrected chi connectivity index (χ4v) is 2.76. The van der Waals surface area contributed by atoms with Crippen molar-refractivity contribution in [1.82, 2.24) is 35.2 Å². The smallest absolute Gasteiger partial charge is 0.191 e. The van der Waals surface area contributed by atoms with Crippen LogP contribution in [-0.2, 0) is 19.5 Å². The second-order valence-corrected chi connectivity index (χ2v) is 6.10. The Bertz CT molecular complexity index is 897. The Balaban J connectivity index is 1.49. The standard InChI is InChI=1S/C19H26N8O/c1-4-18-24-23-14-26(18)12-10-21-19(20-2)22-13-15-9-11-27(25-15)16-5-7-17(28-3)8-6-16/h5-9,11,14H,4,10,12-13H2,1-3H3,(H2,20,21,22). The van der Waals surface area contributed by atoms with Gasteiger partial charge in [0.1, 0.15) is 17.9 Å². The van der Waals surface area contributed by atoms with Crippen LogP contribution in [0.15, 0.2) is 47.8 Å². The Morgan fingerprint density at radius 3 is 2.71 bits per heavy atom. The third-order valence-corrected chi connectivity index (χ3v) is 4.30. The molecule has 0 spiro atoms. The molecule has 0 bridgehead atoms. The number of aromatic nitrogens is 5. The van der Waals surface area contributed by atoms with Crippen molar-refractivity contribution in [2.75, 3.05) is 20.7 Å². The number of nitrogens with one attached hydrogen (secondary N) is 2. The Labute approximate surface area is 164 Å². The molecule has 0 unspecified atom stereocenters. The lowest BCUT2D eigenvalue weighted by atomic mass is 10.3. The fourth-order valence-electron chi connectivity index (χ4n) is 2.76. The van der Waals surface area contributed by atoms with Crippen molar-refractivity contribution in [3.05, 3.63) is 54.4 Å². The molecule has 9 heteroatoms. The first kappa shape index (κ1) is 19.4. The summed E-state index contributed by atoms with van der Waals surface area (Å²) < 4.78 is 9.06. The first-order valence-electron chi connectivity index (χ1n) is 9.23. The van der Waals surface area contributed by atoms with E-state index in [4.69, 9.17) is 4.74 Å². The summed E-state index contributed by atoms with van der Waals surface area (Å²) in [7, 11) is 3.41. The monoisotopic (exact) mass is 382 g/mol. The van der Waals surface area contributed by atoms with E-state index in [2.05, 4.69) is 37.8 Å². The van der Waals surface area contributed by atoms with Crippen LogP contribution >= 0.6 is 0 Å². The molecule has 0 fully saturated rings. The molecule has 0 aliphatic rings. The molecule has 3 rings (SSSR count). The average molecular weight is 382 g/mol. The molecule has 2 aromatic heterocycles. The Morgan fingerprint density at radius 2 is 2.00 bits per heavy atom. The lowest BCUT2D eigenvalue weighted by Gasteiger charge is -2.12. The van der Waals surface area contributed by atoms with Gasteiger partial charge >= 0.3 is 0 Å². The summed E-state index contributed by atoms with van der Waals surface area (Å²) in [5.41, 5.74) is 1.90. The number of guanidine groups is 1. The van der Waals surface area contributed by atoms with Crippen molar-refractivity contribution in [3.63, 3.8) is 0 Å². The highest BCUT2D eigenvalue weighted by molar-refractivity contribution is 5.79. The highest BCUT2D eigenvalue weighted by atomic mass is 16.5. The van der Waals surface area contributed by atoms with E-state index in [1.54, 1.807) is 20.5 Å². The number of benzene rings is 1. The zero-order valence-electron chi connectivity index (χ0n) is 16.5. The van der Waals surface area contributed by atoms with E-state index in [1.807, 2.05) is 45.8 Å². The molecule has 0 saturated heterocycles. The molecule has 0 atom stereocenters. The lowest BCUT2D eigenvalue weighted by molar-refractivity contribution is 0.414. The first-order valence-corrected chi connectivity index (χ1v) is 9.23. The maximum Gasteiger partial charge on any atom is 0.191 e. The maximum atomic E-state index is 5.19.